The minimum atomic E-state index is 0.171. The van der Waals surface area contributed by atoms with E-state index in [0.29, 0.717) is 26.2 Å². The number of ether oxygens (including phenoxy) is 1. The second kappa shape index (κ2) is 11.4. The van der Waals surface area contributed by atoms with Crippen molar-refractivity contribution in [2.45, 2.75) is 26.3 Å². The van der Waals surface area contributed by atoms with Gasteiger partial charge in [-0.3, -0.25) is 4.79 Å². The summed E-state index contributed by atoms with van der Waals surface area (Å²) in [4.78, 5) is 18.3. The number of nitrogens with one attached hydrogen (secondary N) is 3. The lowest BCUT2D eigenvalue weighted by Crippen LogP contribution is -2.41. The van der Waals surface area contributed by atoms with Crippen LogP contribution in [0.1, 0.15) is 25.3 Å². The molecule has 1 fully saturated rings. The summed E-state index contributed by atoms with van der Waals surface area (Å²) in [6.45, 7) is 6.19. The molecule has 7 nitrogen and oxygen atoms in total. The third kappa shape index (κ3) is 8.77. The summed E-state index contributed by atoms with van der Waals surface area (Å²) in [6, 6.07) is 8.03. The van der Waals surface area contributed by atoms with Crippen molar-refractivity contribution in [1.29, 1.82) is 0 Å². The summed E-state index contributed by atoms with van der Waals surface area (Å²) in [5, 5.41) is 9.43. The largest absolute Gasteiger partial charge is 0.492 e. The molecule has 0 bridgehead atoms. The Morgan fingerprint density at radius 3 is 2.70 bits per heavy atom. The number of aliphatic imine (C=N–C) groups is 1. The van der Waals surface area contributed by atoms with Crippen molar-refractivity contribution in [3.05, 3.63) is 29.8 Å². The first-order chi connectivity index (χ1) is 13.1. The summed E-state index contributed by atoms with van der Waals surface area (Å²) in [6.07, 6.45) is 2.06. The van der Waals surface area contributed by atoms with E-state index in [-0.39, 0.29) is 11.8 Å². The fraction of sp³-hybridized carbons (Fsp3) is 0.600. The molecule has 1 aromatic rings. The molecule has 1 saturated carbocycles. The maximum absolute atomic E-state index is 11.6. The second-order valence-corrected chi connectivity index (χ2v) is 6.99. The highest BCUT2D eigenvalue weighted by atomic mass is 16.5. The van der Waals surface area contributed by atoms with Gasteiger partial charge in [0.1, 0.15) is 12.4 Å². The summed E-state index contributed by atoms with van der Waals surface area (Å²) in [5.41, 5.74) is 1.09. The zero-order valence-corrected chi connectivity index (χ0v) is 16.8. The fourth-order valence-electron chi connectivity index (χ4n) is 2.45. The predicted octanol–water partition coefficient (Wildman–Crippen LogP) is 1.21. The van der Waals surface area contributed by atoms with E-state index >= 15 is 0 Å². The van der Waals surface area contributed by atoms with Gasteiger partial charge in [0, 0.05) is 32.1 Å². The Labute approximate surface area is 162 Å². The lowest BCUT2D eigenvalue weighted by Gasteiger charge is -2.13. The number of hydrogen-bond acceptors (Lipinski definition) is 4. The summed E-state index contributed by atoms with van der Waals surface area (Å²) >= 11 is 0. The third-order valence-electron chi connectivity index (χ3n) is 4.13. The van der Waals surface area contributed by atoms with Crippen LogP contribution in [0.2, 0.25) is 0 Å². The highest BCUT2D eigenvalue weighted by Gasteiger charge is 2.28. The van der Waals surface area contributed by atoms with Crippen molar-refractivity contribution in [1.82, 2.24) is 20.9 Å². The maximum atomic E-state index is 11.6. The summed E-state index contributed by atoms with van der Waals surface area (Å²) < 4.78 is 5.78. The quantitative estimate of drug-likeness (QED) is 0.308. The van der Waals surface area contributed by atoms with E-state index in [4.69, 9.17) is 4.74 Å². The van der Waals surface area contributed by atoms with Crippen LogP contribution in [0.3, 0.4) is 0 Å². The van der Waals surface area contributed by atoms with Gasteiger partial charge in [-0.25, -0.2) is 4.99 Å². The number of rotatable bonds is 11. The van der Waals surface area contributed by atoms with E-state index in [1.54, 1.807) is 0 Å². The van der Waals surface area contributed by atoms with Gasteiger partial charge in [0.15, 0.2) is 5.96 Å². The highest BCUT2D eigenvalue weighted by Crippen LogP contribution is 2.28. The van der Waals surface area contributed by atoms with Crippen LogP contribution in [0, 0.1) is 5.92 Å². The third-order valence-corrected chi connectivity index (χ3v) is 4.13. The van der Waals surface area contributed by atoms with Crippen molar-refractivity contribution in [2.24, 2.45) is 10.9 Å². The van der Waals surface area contributed by atoms with Gasteiger partial charge < -0.3 is 25.6 Å². The lowest BCUT2D eigenvalue weighted by atomic mass is 10.2. The number of hydrogen-bond donors (Lipinski definition) is 3. The zero-order chi connectivity index (χ0) is 19.5. The molecule has 0 spiro atoms. The zero-order valence-electron chi connectivity index (χ0n) is 16.8. The molecule has 0 heterocycles. The Morgan fingerprint density at radius 1 is 1.22 bits per heavy atom. The number of nitrogens with zero attached hydrogens (tertiary/aromatic N) is 2. The number of amides is 1. The smallest absolute Gasteiger partial charge is 0.223 e. The Morgan fingerprint density at radius 2 is 2.00 bits per heavy atom. The first-order valence-corrected chi connectivity index (χ1v) is 9.75. The minimum absolute atomic E-state index is 0.171. The van der Waals surface area contributed by atoms with Crippen molar-refractivity contribution in [3.8, 4) is 5.75 Å². The van der Waals surface area contributed by atoms with Crippen LogP contribution in [0.15, 0.2) is 29.3 Å². The van der Waals surface area contributed by atoms with Gasteiger partial charge in [-0.2, -0.15) is 0 Å². The van der Waals surface area contributed by atoms with Crippen LogP contribution in [0.5, 0.6) is 5.75 Å². The van der Waals surface area contributed by atoms with Crippen molar-refractivity contribution >= 4 is 11.9 Å². The average Bonchev–Trinajstić information content (AvgIpc) is 3.48. The molecule has 0 saturated heterocycles. The molecular formula is C20H33N5O2. The molecule has 1 aromatic carbocycles. The number of carbonyl (C=O) groups excluding carboxylic acids is 1. The van der Waals surface area contributed by atoms with Crippen LogP contribution in [0.25, 0.3) is 0 Å². The molecule has 0 aliphatic heterocycles. The summed E-state index contributed by atoms with van der Waals surface area (Å²) in [7, 11) is 4.06. The monoisotopic (exact) mass is 375 g/mol. The molecule has 2 rings (SSSR count). The van der Waals surface area contributed by atoms with Crippen LogP contribution >= 0.6 is 0 Å². The number of likely N-dealkylation sites (N-methyl/N-ethyl adjacent to an activating group) is 1. The van der Waals surface area contributed by atoms with Gasteiger partial charge in [-0.1, -0.05) is 12.1 Å². The average molecular weight is 376 g/mol. The van der Waals surface area contributed by atoms with Crippen molar-refractivity contribution < 1.29 is 9.53 Å². The molecular weight excluding hydrogens is 342 g/mol. The van der Waals surface area contributed by atoms with E-state index in [1.807, 2.05) is 45.3 Å². The summed E-state index contributed by atoms with van der Waals surface area (Å²) in [5.74, 6) is 2.03. The van der Waals surface area contributed by atoms with Gasteiger partial charge in [-0.05, 0) is 51.6 Å². The van der Waals surface area contributed by atoms with Crippen molar-refractivity contribution in [3.63, 3.8) is 0 Å². The Kier molecular flexibility index (Phi) is 8.91. The van der Waals surface area contributed by atoms with Gasteiger partial charge in [0.25, 0.3) is 0 Å². The van der Waals surface area contributed by atoms with E-state index in [0.717, 1.165) is 43.2 Å². The number of carbonyl (C=O) groups is 1. The van der Waals surface area contributed by atoms with E-state index < -0.39 is 0 Å². The number of benzene rings is 1. The van der Waals surface area contributed by atoms with E-state index in [2.05, 4.69) is 25.8 Å². The Balaban J connectivity index is 1.77. The lowest BCUT2D eigenvalue weighted by molar-refractivity contribution is -0.122. The molecule has 150 valence electrons. The molecule has 0 aromatic heterocycles. The molecule has 1 aliphatic carbocycles. The van der Waals surface area contributed by atoms with E-state index in [1.165, 1.54) is 0 Å². The molecule has 0 unspecified atom stereocenters. The maximum Gasteiger partial charge on any atom is 0.223 e. The topological polar surface area (TPSA) is 78.0 Å². The Hall–Kier alpha value is -2.28. The Bertz CT molecular complexity index is 614. The molecule has 0 radical (unpaired) electrons. The minimum Gasteiger partial charge on any atom is -0.492 e. The molecule has 0 atom stereocenters. The van der Waals surface area contributed by atoms with Gasteiger partial charge in [-0.15, -0.1) is 0 Å². The highest BCUT2D eigenvalue weighted by molar-refractivity contribution is 5.81. The SMILES string of the molecule is CCNC(=NCc1cccc(OCCN(C)C)c1)NCCNC(=O)C1CC1. The van der Waals surface area contributed by atoms with Gasteiger partial charge >= 0.3 is 0 Å². The normalized spacial score (nSPS) is 14.1. The molecule has 1 aliphatic rings. The van der Waals surface area contributed by atoms with Gasteiger partial charge in [0.05, 0.1) is 6.54 Å². The van der Waals surface area contributed by atoms with Crippen LogP contribution in [0.4, 0.5) is 0 Å². The van der Waals surface area contributed by atoms with Crippen LogP contribution < -0.4 is 20.7 Å². The predicted molar refractivity (Wildman–Crippen MR) is 109 cm³/mol. The first kappa shape index (κ1) is 21.0. The molecule has 1 amide bonds. The second-order valence-electron chi connectivity index (χ2n) is 6.99. The van der Waals surface area contributed by atoms with Crippen LogP contribution in [-0.4, -0.2) is 63.6 Å². The molecule has 27 heavy (non-hydrogen) atoms. The first-order valence-electron chi connectivity index (χ1n) is 9.75. The molecule has 3 N–H and O–H groups in total. The van der Waals surface area contributed by atoms with Gasteiger partial charge in [0.2, 0.25) is 5.91 Å². The number of guanidine groups is 1. The van der Waals surface area contributed by atoms with Crippen LogP contribution in [-0.2, 0) is 11.3 Å². The standard InChI is InChI=1S/C20H33N5O2/c1-4-21-20(23-11-10-22-19(26)17-8-9-17)24-15-16-6-5-7-18(14-16)27-13-12-25(2)3/h5-7,14,17H,4,8-13,15H2,1-3H3,(H,22,26)(H2,21,23,24). The molecule has 7 heteroatoms. The van der Waals surface area contributed by atoms with E-state index in [9.17, 15) is 4.79 Å². The van der Waals surface area contributed by atoms with Crippen molar-refractivity contribution in [2.75, 3.05) is 46.9 Å². The fourth-order valence-corrected chi connectivity index (χ4v) is 2.45.